The van der Waals surface area contributed by atoms with E-state index >= 15 is 0 Å². The summed E-state index contributed by atoms with van der Waals surface area (Å²) < 4.78 is 45.3. The Morgan fingerprint density at radius 1 is 1.20 bits per heavy atom. The van der Waals surface area contributed by atoms with Gasteiger partial charge in [-0.1, -0.05) is 18.2 Å². The molecule has 1 aromatic heterocycles. The first kappa shape index (κ1) is 23.8. The van der Waals surface area contributed by atoms with E-state index in [0.29, 0.717) is 28.6 Å². The largest absolute Gasteiger partial charge is 0.497 e. The number of aliphatic hydroxyl groups excluding tert-OH is 1. The van der Waals surface area contributed by atoms with Crippen LogP contribution in [0, 0.1) is 11.8 Å². The Bertz CT molecular complexity index is 1230. The molecule has 1 N–H and O–H groups in total. The lowest BCUT2D eigenvalue weighted by molar-refractivity contribution is -0.984. The third kappa shape index (κ3) is 4.32. The van der Waals surface area contributed by atoms with E-state index < -0.39 is 17.8 Å². The molecular weight excluding hydrogens is 453 g/mol. The van der Waals surface area contributed by atoms with Gasteiger partial charge < -0.3 is 14.3 Å². The van der Waals surface area contributed by atoms with Crippen LogP contribution in [-0.4, -0.2) is 40.8 Å². The molecule has 7 heteroatoms. The zero-order valence-electron chi connectivity index (χ0n) is 19.7. The lowest BCUT2D eigenvalue weighted by Gasteiger charge is -2.58. The van der Waals surface area contributed by atoms with Crippen LogP contribution in [0.1, 0.15) is 35.6 Å². The van der Waals surface area contributed by atoms with Crippen LogP contribution in [0.2, 0.25) is 0 Å². The maximum absolute atomic E-state index is 13.1. The summed E-state index contributed by atoms with van der Waals surface area (Å²) in [6.07, 6.45) is 0.494. The highest BCUT2D eigenvalue weighted by Gasteiger charge is 2.54. The van der Waals surface area contributed by atoms with Crippen molar-refractivity contribution in [2.45, 2.75) is 37.7 Å². The van der Waals surface area contributed by atoms with Crippen molar-refractivity contribution in [3.63, 3.8) is 0 Å². The number of fused-ring (bicyclic) bond motifs is 4. The fraction of sp³-hybridized carbons (Fsp3) is 0.393. The number of benzene rings is 2. The zero-order chi connectivity index (χ0) is 24.8. The van der Waals surface area contributed by atoms with Gasteiger partial charge >= 0.3 is 6.18 Å². The van der Waals surface area contributed by atoms with Crippen LogP contribution in [-0.2, 0) is 12.7 Å². The summed E-state index contributed by atoms with van der Waals surface area (Å²) in [7, 11) is 1.61. The molecule has 2 aromatic carbocycles. The van der Waals surface area contributed by atoms with Crippen LogP contribution in [0.4, 0.5) is 13.2 Å². The average Bonchev–Trinajstić information content (AvgIpc) is 2.87. The minimum atomic E-state index is -4.36. The molecule has 3 fully saturated rings. The van der Waals surface area contributed by atoms with Gasteiger partial charge in [-0.3, -0.25) is 4.98 Å². The van der Waals surface area contributed by atoms with Gasteiger partial charge in [-0.25, -0.2) is 0 Å². The molecule has 0 saturated carbocycles. The lowest BCUT2D eigenvalue weighted by atomic mass is 9.71. The van der Waals surface area contributed by atoms with Crippen LogP contribution in [0.3, 0.4) is 0 Å². The van der Waals surface area contributed by atoms with Gasteiger partial charge in [-0.15, -0.1) is 6.58 Å². The first-order valence-electron chi connectivity index (χ1n) is 12.0. The van der Waals surface area contributed by atoms with Crippen molar-refractivity contribution < 1.29 is 27.5 Å². The molecule has 0 radical (unpaired) electrons. The Kier molecular flexibility index (Phi) is 6.09. The molecular formula is C28H30F3N2O2+. The Morgan fingerprint density at radius 2 is 1.97 bits per heavy atom. The second-order valence-electron chi connectivity index (χ2n) is 9.96. The molecule has 3 aliphatic rings. The second-order valence-corrected chi connectivity index (χ2v) is 9.96. The van der Waals surface area contributed by atoms with E-state index in [1.165, 1.54) is 0 Å². The number of halogens is 3. The Morgan fingerprint density at radius 3 is 2.66 bits per heavy atom. The summed E-state index contributed by atoms with van der Waals surface area (Å²) in [6, 6.07) is 12.9. The van der Waals surface area contributed by atoms with E-state index in [-0.39, 0.29) is 6.04 Å². The molecule has 0 aliphatic carbocycles. The molecule has 35 heavy (non-hydrogen) atoms. The quantitative estimate of drug-likeness (QED) is 0.350. The van der Waals surface area contributed by atoms with Crippen LogP contribution >= 0.6 is 0 Å². The van der Waals surface area contributed by atoms with E-state index in [2.05, 4.69) is 11.6 Å². The van der Waals surface area contributed by atoms with Crippen molar-refractivity contribution in [2.24, 2.45) is 11.8 Å². The molecule has 0 amide bonds. The first-order valence-corrected chi connectivity index (χ1v) is 12.0. The Labute approximate surface area is 203 Å². The molecule has 2 bridgehead atoms. The van der Waals surface area contributed by atoms with Gasteiger partial charge in [-0.05, 0) is 47.9 Å². The summed E-state index contributed by atoms with van der Waals surface area (Å²) in [5, 5.41) is 12.7. The van der Waals surface area contributed by atoms with Crippen LogP contribution in [0.15, 0.2) is 67.4 Å². The fourth-order valence-corrected chi connectivity index (χ4v) is 6.28. The van der Waals surface area contributed by atoms with E-state index in [9.17, 15) is 18.3 Å². The number of rotatable bonds is 6. The SMILES string of the molecule is C=C[C@@H]1C[N@+]2(Cc3ccc(C(F)(F)F)cc3)CC[C@H]1C[C@@H]2[C@@H](O)c1ccnc2ccc(OC)cc12. The van der Waals surface area contributed by atoms with E-state index in [1.54, 1.807) is 25.4 Å². The zero-order valence-corrected chi connectivity index (χ0v) is 19.7. The number of nitrogens with zero attached hydrogens (tertiary/aromatic N) is 2. The molecule has 6 rings (SSSR count). The highest BCUT2D eigenvalue weighted by molar-refractivity contribution is 5.83. The van der Waals surface area contributed by atoms with Crippen LogP contribution < -0.4 is 4.74 Å². The third-order valence-corrected chi connectivity index (χ3v) is 8.12. The molecule has 3 saturated heterocycles. The third-order valence-electron chi connectivity index (χ3n) is 8.12. The van der Waals surface area contributed by atoms with E-state index in [1.807, 2.05) is 30.3 Å². The second kappa shape index (κ2) is 8.95. The number of alkyl halides is 3. The number of hydrogen-bond donors (Lipinski definition) is 1. The van der Waals surface area contributed by atoms with Gasteiger partial charge in [0.15, 0.2) is 0 Å². The summed E-state index contributed by atoms with van der Waals surface area (Å²) in [6.45, 7) is 6.32. The maximum atomic E-state index is 13.1. The normalized spacial score (nSPS) is 27.1. The number of methoxy groups -OCH3 is 1. The maximum Gasteiger partial charge on any atom is 0.416 e. The lowest BCUT2D eigenvalue weighted by Crippen LogP contribution is -2.67. The molecule has 184 valence electrons. The Hall–Kier alpha value is -2.90. The van der Waals surface area contributed by atoms with Crippen molar-refractivity contribution >= 4 is 10.9 Å². The highest BCUT2D eigenvalue weighted by atomic mass is 19.4. The molecule has 4 nitrogen and oxygen atoms in total. The predicted octanol–water partition coefficient (Wildman–Crippen LogP) is 5.91. The highest BCUT2D eigenvalue weighted by Crippen LogP contribution is 2.48. The van der Waals surface area contributed by atoms with Gasteiger partial charge in [0.2, 0.25) is 0 Å². The van der Waals surface area contributed by atoms with Crippen LogP contribution in [0.25, 0.3) is 10.9 Å². The van der Waals surface area contributed by atoms with Crippen LogP contribution in [0.5, 0.6) is 5.75 Å². The monoisotopic (exact) mass is 483 g/mol. The number of piperidine rings is 3. The van der Waals surface area contributed by atoms with E-state index in [4.69, 9.17) is 4.74 Å². The minimum Gasteiger partial charge on any atom is -0.497 e. The summed E-state index contributed by atoms with van der Waals surface area (Å²) in [5.74, 6) is 1.48. The smallest absolute Gasteiger partial charge is 0.416 e. The number of ether oxygens (including phenoxy) is 1. The van der Waals surface area contributed by atoms with E-state index in [0.717, 1.165) is 60.1 Å². The Balaban J connectivity index is 1.52. The molecule has 3 aliphatic heterocycles. The molecule has 0 unspecified atom stereocenters. The number of pyridine rings is 1. The first-order chi connectivity index (χ1) is 16.7. The van der Waals surface area contributed by atoms with Gasteiger partial charge in [-0.2, -0.15) is 13.2 Å². The molecule has 3 aromatic rings. The van der Waals surface area contributed by atoms with Gasteiger partial charge in [0.1, 0.15) is 24.4 Å². The summed E-state index contributed by atoms with van der Waals surface area (Å²) >= 11 is 0. The van der Waals surface area contributed by atoms with Crippen molar-refractivity contribution in [1.82, 2.24) is 4.98 Å². The molecule has 4 heterocycles. The van der Waals surface area contributed by atoms with Crippen molar-refractivity contribution in [2.75, 3.05) is 20.2 Å². The molecule has 0 spiro atoms. The number of hydrogen-bond acceptors (Lipinski definition) is 3. The minimum absolute atomic E-state index is 0.0796. The average molecular weight is 484 g/mol. The van der Waals surface area contributed by atoms with Gasteiger partial charge in [0.25, 0.3) is 0 Å². The fourth-order valence-electron chi connectivity index (χ4n) is 6.28. The van der Waals surface area contributed by atoms with Crippen molar-refractivity contribution in [3.05, 3.63) is 84.1 Å². The number of aromatic nitrogens is 1. The topological polar surface area (TPSA) is 42.4 Å². The number of quaternary nitrogens is 1. The predicted molar refractivity (Wildman–Crippen MR) is 129 cm³/mol. The molecule has 5 atom stereocenters. The summed E-state index contributed by atoms with van der Waals surface area (Å²) in [5.41, 5.74) is 1.80. The van der Waals surface area contributed by atoms with Gasteiger partial charge in [0.05, 0.1) is 31.3 Å². The van der Waals surface area contributed by atoms with Crippen molar-refractivity contribution in [3.8, 4) is 5.75 Å². The van der Waals surface area contributed by atoms with Gasteiger partial charge in [0, 0.05) is 35.9 Å². The number of aliphatic hydroxyl groups is 1. The summed E-state index contributed by atoms with van der Waals surface area (Å²) in [4.78, 5) is 4.45. The standard InChI is InChI=1S/C28H30F3N2O2/c1-3-19-17-33(16-18-4-6-21(7-5-18)28(29,30)31)13-11-20(19)14-26(33)27(34)23-10-12-32-25-9-8-22(35-2)15-24(23)25/h3-10,12,15,19-20,26-27,34H,1,11,13-14,16-17H2,2H3/q+1/t19-,20+,26-,27+,33-/m1/s1. The van der Waals surface area contributed by atoms with Crippen molar-refractivity contribution in [1.29, 1.82) is 0 Å².